The van der Waals surface area contributed by atoms with Crippen LogP contribution in [0.15, 0.2) is 45.8 Å². The Balaban J connectivity index is 1.83. The van der Waals surface area contributed by atoms with Gasteiger partial charge in [0, 0.05) is 23.6 Å². The number of carbonyl (C=O) groups is 2. The fourth-order valence-corrected chi connectivity index (χ4v) is 5.60. The van der Waals surface area contributed by atoms with Crippen LogP contribution in [-0.4, -0.2) is 32.8 Å². The fourth-order valence-electron chi connectivity index (χ4n) is 3.75. The highest BCUT2D eigenvalue weighted by Gasteiger charge is 2.29. The number of halogens is 1. The van der Waals surface area contributed by atoms with Crippen LogP contribution in [-0.2, 0) is 26.0 Å². The average Bonchev–Trinajstić information content (AvgIpc) is 3.12. The monoisotopic (exact) mass is 521 g/mol. The Morgan fingerprint density at radius 3 is 2.50 bits per heavy atom. The molecule has 172 valence electrons. The fraction of sp³-hybridized carbons (Fsp3) is 0.391. The first-order chi connectivity index (χ1) is 15.0. The number of benzene rings is 2. The lowest BCUT2D eigenvalue weighted by Crippen LogP contribution is -2.44. The highest BCUT2D eigenvalue weighted by atomic mass is 79.9. The van der Waals surface area contributed by atoms with Gasteiger partial charge in [-0.15, -0.1) is 0 Å². The van der Waals surface area contributed by atoms with Crippen molar-refractivity contribution in [2.75, 3.05) is 16.8 Å². The standard InChI is InChI=1S/C23H28BrN3O4S/c1-14(2)11-21(23(29)25-20-7-5-15(3)12-19(20)24)26-32(30,31)18-6-8-22-17(13-18)9-10-27(22)16(4)28/h5-8,12-14,21,26H,9-11H2,1-4H3,(H,25,29)/t21-/m1/s1. The lowest BCUT2D eigenvalue weighted by atomic mass is 10.0. The minimum Gasteiger partial charge on any atom is -0.324 e. The molecule has 1 aliphatic rings. The predicted octanol–water partition coefficient (Wildman–Crippen LogP) is 4.00. The molecule has 2 aromatic rings. The van der Waals surface area contributed by atoms with Crippen LogP contribution in [0.2, 0.25) is 0 Å². The van der Waals surface area contributed by atoms with Crippen LogP contribution in [0.25, 0.3) is 0 Å². The number of hydrogen-bond donors (Lipinski definition) is 2. The number of nitrogens with zero attached hydrogens (tertiary/aromatic N) is 1. The predicted molar refractivity (Wildman–Crippen MR) is 129 cm³/mol. The number of aryl methyl sites for hydroxylation is 1. The van der Waals surface area contributed by atoms with E-state index in [0.29, 0.717) is 25.1 Å². The maximum atomic E-state index is 13.1. The third-order valence-corrected chi connectivity index (χ3v) is 7.47. The molecule has 0 radical (unpaired) electrons. The van der Waals surface area contributed by atoms with Gasteiger partial charge in [0.15, 0.2) is 0 Å². The lowest BCUT2D eigenvalue weighted by molar-refractivity contribution is -0.118. The number of hydrogen-bond acceptors (Lipinski definition) is 4. The van der Waals surface area contributed by atoms with Gasteiger partial charge in [-0.05, 0) is 83.1 Å². The van der Waals surface area contributed by atoms with Crippen LogP contribution >= 0.6 is 15.9 Å². The van der Waals surface area contributed by atoms with Crippen molar-refractivity contribution in [1.82, 2.24) is 4.72 Å². The van der Waals surface area contributed by atoms with Gasteiger partial charge in [0.1, 0.15) is 6.04 Å². The molecule has 9 heteroatoms. The maximum Gasteiger partial charge on any atom is 0.242 e. The first-order valence-corrected chi connectivity index (χ1v) is 12.8. The second kappa shape index (κ2) is 9.72. The van der Waals surface area contributed by atoms with Crippen LogP contribution in [0.3, 0.4) is 0 Å². The van der Waals surface area contributed by atoms with Gasteiger partial charge in [-0.2, -0.15) is 4.72 Å². The van der Waals surface area contributed by atoms with E-state index in [1.165, 1.54) is 13.0 Å². The maximum absolute atomic E-state index is 13.1. The quantitative estimate of drug-likeness (QED) is 0.575. The third kappa shape index (κ3) is 5.57. The zero-order valence-electron chi connectivity index (χ0n) is 18.6. The van der Waals surface area contributed by atoms with E-state index in [9.17, 15) is 18.0 Å². The van der Waals surface area contributed by atoms with Crippen LogP contribution in [0.4, 0.5) is 11.4 Å². The van der Waals surface area contributed by atoms with Gasteiger partial charge in [0.05, 0.1) is 10.6 Å². The summed E-state index contributed by atoms with van der Waals surface area (Å²) in [5.41, 5.74) is 3.15. The van der Waals surface area contributed by atoms with Crippen LogP contribution in [0, 0.1) is 12.8 Å². The third-order valence-electron chi connectivity index (χ3n) is 5.34. The van der Waals surface area contributed by atoms with Crippen molar-refractivity contribution < 1.29 is 18.0 Å². The summed E-state index contributed by atoms with van der Waals surface area (Å²) in [6, 6.07) is 9.31. The van der Waals surface area contributed by atoms with Gasteiger partial charge in [0.2, 0.25) is 21.8 Å². The van der Waals surface area contributed by atoms with Gasteiger partial charge < -0.3 is 10.2 Å². The van der Waals surface area contributed by atoms with Gasteiger partial charge >= 0.3 is 0 Å². The smallest absolute Gasteiger partial charge is 0.242 e. The Labute approximate surface area is 197 Å². The van der Waals surface area contributed by atoms with Crippen molar-refractivity contribution in [3.8, 4) is 0 Å². The molecule has 1 aliphatic heterocycles. The molecule has 1 heterocycles. The van der Waals surface area contributed by atoms with E-state index in [0.717, 1.165) is 21.3 Å². The second-order valence-electron chi connectivity index (χ2n) is 8.49. The van der Waals surface area contributed by atoms with E-state index in [4.69, 9.17) is 0 Å². The molecule has 3 rings (SSSR count). The Kier molecular flexibility index (Phi) is 7.42. The molecule has 2 aromatic carbocycles. The van der Waals surface area contributed by atoms with Crippen molar-refractivity contribution in [1.29, 1.82) is 0 Å². The molecule has 0 saturated heterocycles. The molecular weight excluding hydrogens is 494 g/mol. The Morgan fingerprint density at radius 1 is 1.16 bits per heavy atom. The van der Waals surface area contributed by atoms with E-state index in [2.05, 4.69) is 26.0 Å². The normalized spacial score (nSPS) is 14.4. The van der Waals surface area contributed by atoms with Crippen LogP contribution in [0.5, 0.6) is 0 Å². The molecule has 0 unspecified atom stereocenters. The number of fused-ring (bicyclic) bond motifs is 1. The first kappa shape index (κ1) is 24.4. The van der Waals surface area contributed by atoms with Gasteiger partial charge in [0.25, 0.3) is 0 Å². The summed E-state index contributed by atoms with van der Waals surface area (Å²) in [6.07, 6.45) is 0.938. The number of anilines is 2. The van der Waals surface area contributed by atoms with Crippen molar-refractivity contribution in [3.05, 3.63) is 52.0 Å². The zero-order chi connectivity index (χ0) is 23.6. The summed E-state index contributed by atoms with van der Waals surface area (Å²) in [5, 5.41) is 2.82. The minimum atomic E-state index is -3.94. The first-order valence-electron chi connectivity index (χ1n) is 10.5. The molecule has 0 aliphatic carbocycles. The SMILES string of the molecule is CC(=O)N1CCc2cc(S(=O)(=O)N[C@H](CC(C)C)C(=O)Nc3ccc(C)cc3Br)ccc21. The Bertz CT molecular complexity index is 1150. The van der Waals surface area contributed by atoms with Crippen molar-refractivity contribution in [3.63, 3.8) is 0 Å². The van der Waals surface area contributed by atoms with Crippen LogP contribution in [0.1, 0.15) is 38.3 Å². The molecule has 1 atom stereocenters. The number of sulfonamides is 1. The molecule has 0 aromatic heterocycles. The highest BCUT2D eigenvalue weighted by molar-refractivity contribution is 9.10. The van der Waals surface area contributed by atoms with E-state index in [1.54, 1.807) is 23.1 Å². The van der Waals surface area contributed by atoms with E-state index >= 15 is 0 Å². The van der Waals surface area contributed by atoms with Gasteiger partial charge in [-0.3, -0.25) is 9.59 Å². The van der Waals surface area contributed by atoms with Crippen LogP contribution < -0.4 is 14.9 Å². The largest absolute Gasteiger partial charge is 0.324 e. The average molecular weight is 522 g/mol. The summed E-state index contributed by atoms with van der Waals surface area (Å²) in [4.78, 5) is 26.5. The van der Waals surface area contributed by atoms with E-state index < -0.39 is 22.0 Å². The van der Waals surface area contributed by atoms with Gasteiger partial charge in [-0.25, -0.2) is 8.42 Å². The van der Waals surface area contributed by atoms with Crippen molar-refractivity contribution in [2.45, 2.75) is 51.5 Å². The molecule has 0 fully saturated rings. The number of rotatable bonds is 7. The van der Waals surface area contributed by atoms with Crippen molar-refractivity contribution in [2.24, 2.45) is 5.92 Å². The molecule has 2 amide bonds. The molecule has 32 heavy (non-hydrogen) atoms. The summed E-state index contributed by atoms with van der Waals surface area (Å²) >= 11 is 3.44. The van der Waals surface area contributed by atoms with Crippen molar-refractivity contribution >= 4 is 49.1 Å². The lowest BCUT2D eigenvalue weighted by Gasteiger charge is -2.21. The molecule has 2 N–H and O–H groups in total. The zero-order valence-corrected chi connectivity index (χ0v) is 21.0. The molecule has 0 bridgehead atoms. The Morgan fingerprint density at radius 2 is 1.88 bits per heavy atom. The van der Waals surface area contributed by atoms with E-state index in [1.807, 2.05) is 32.9 Å². The molecule has 7 nitrogen and oxygen atoms in total. The summed E-state index contributed by atoms with van der Waals surface area (Å²) in [5.74, 6) is -0.400. The number of amides is 2. The topological polar surface area (TPSA) is 95.6 Å². The summed E-state index contributed by atoms with van der Waals surface area (Å²) < 4.78 is 29.6. The summed E-state index contributed by atoms with van der Waals surface area (Å²) in [6.45, 7) is 7.83. The minimum absolute atomic E-state index is 0.0755. The second-order valence-corrected chi connectivity index (χ2v) is 11.1. The number of carbonyl (C=O) groups excluding carboxylic acids is 2. The summed E-state index contributed by atoms with van der Waals surface area (Å²) in [7, 11) is -3.94. The molecule has 0 spiro atoms. The van der Waals surface area contributed by atoms with Gasteiger partial charge in [-0.1, -0.05) is 19.9 Å². The van der Waals surface area contributed by atoms with E-state index in [-0.39, 0.29) is 16.7 Å². The molecule has 0 saturated carbocycles. The molecular formula is C23H28BrN3O4S. The number of nitrogens with one attached hydrogen (secondary N) is 2. The Hall–Kier alpha value is -2.23. The highest BCUT2D eigenvalue weighted by Crippen LogP contribution is 2.30.